The molecule has 0 spiro atoms. The molecule has 2 rings (SSSR count). The minimum absolute atomic E-state index is 0.342. The van der Waals surface area contributed by atoms with E-state index in [0.29, 0.717) is 18.4 Å². The fourth-order valence-electron chi connectivity index (χ4n) is 2.20. The average molecular weight is 199 g/mol. The number of hydrogen-bond acceptors (Lipinski definition) is 3. The van der Waals surface area contributed by atoms with Crippen LogP contribution in [0.25, 0.3) is 0 Å². The molecule has 0 unspecified atom stereocenters. The maximum atomic E-state index is 10.5. The van der Waals surface area contributed by atoms with E-state index in [4.69, 9.17) is 9.84 Å². The van der Waals surface area contributed by atoms with Gasteiger partial charge in [-0.1, -0.05) is 0 Å². The van der Waals surface area contributed by atoms with Gasteiger partial charge in [0.25, 0.3) is 0 Å². The molecule has 4 heteroatoms. The predicted molar refractivity (Wildman–Crippen MR) is 51.2 cm³/mol. The van der Waals surface area contributed by atoms with Crippen LogP contribution in [0.2, 0.25) is 0 Å². The molecule has 2 aliphatic rings. The van der Waals surface area contributed by atoms with Crippen molar-refractivity contribution in [3.8, 4) is 0 Å². The Morgan fingerprint density at radius 3 is 2.43 bits per heavy atom. The number of carboxylic acid groups (broad SMARTS) is 1. The van der Waals surface area contributed by atoms with E-state index in [-0.39, 0.29) is 0 Å². The average Bonchev–Trinajstić information content (AvgIpc) is 2.04. The summed E-state index contributed by atoms with van der Waals surface area (Å²) in [6, 6.07) is 0.612. The molecule has 0 aromatic rings. The molecule has 2 saturated heterocycles. The Kier molecular flexibility index (Phi) is 3.03. The third-order valence-corrected chi connectivity index (χ3v) is 3.25. The van der Waals surface area contributed by atoms with Crippen LogP contribution >= 0.6 is 0 Å². The van der Waals surface area contributed by atoms with Crippen LogP contribution in [0, 0.1) is 5.92 Å². The van der Waals surface area contributed by atoms with Gasteiger partial charge in [0.05, 0.1) is 19.3 Å². The SMILES string of the molecule is O=C(O)CC1CCN(C2COC2)CC1. The molecule has 0 radical (unpaired) electrons. The fraction of sp³-hybridized carbons (Fsp3) is 0.900. The van der Waals surface area contributed by atoms with Crippen LogP contribution in [0.5, 0.6) is 0 Å². The molecule has 2 fully saturated rings. The number of likely N-dealkylation sites (tertiary alicyclic amines) is 1. The van der Waals surface area contributed by atoms with Crippen LogP contribution in [0.3, 0.4) is 0 Å². The van der Waals surface area contributed by atoms with Gasteiger partial charge in [0.15, 0.2) is 0 Å². The van der Waals surface area contributed by atoms with E-state index in [0.717, 1.165) is 39.1 Å². The summed E-state index contributed by atoms with van der Waals surface area (Å²) < 4.78 is 5.14. The summed E-state index contributed by atoms with van der Waals surface area (Å²) in [5.41, 5.74) is 0. The Labute approximate surface area is 83.8 Å². The molecular formula is C10H17NO3. The van der Waals surface area contributed by atoms with Gasteiger partial charge in [0.1, 0.15) is 0 Å². The first-order chi connectivity index (χ1) is 6.75. The monoisotopic (exact) mass is 199 g/mol. The Bertz CT molecular complexity index is 207. The first kappa shape index (κ1) is 9.93. The number of carbonyl (C=O) groups is 1. The summed E-state index contributed by atoms with van der Waals surface area (Å²) in [6.45, 7) is 3.82. The standard InChI is InChI=1S/C10H17NO3/c12-10(13)5-8-1-3-11(4-2-8)9-6-14-7-9/h8-9H,1-7H2,(H,12,13). The molecule has 0 bridgehead atoms. The van der Waals surface area contributed by atoms with E-state index in [1.165, 1.54) is 0 Å². The van der Waals surface area contributed by atoms with Gasteiger partial charge in [-0.25, -0.2) is 0 Å². The molecular weight excluding hydrogens is 182 g/mol. The summed E-state index contributed by atoms with van der Waals surface area (Å²) in [6.07, 6.45) is 2.40. The molecule has 0 atom stereocenters. The van der Waals surface area contributed by atoms with E-state index in [1.54, 1.807) is 0 Å². The number of aliphatic carboxylic acids is 1. The fourth-order valence-corrected chi connectivity index (χ4v) is 2.20. The normalized spacial score (nSPS) is 26.0. The number of ether oxygens (including phenoxy) is 1. The number of hydrogen-bond donors (Lipinski definition) is 1. The summed E-state index contributed by atoms with van der Waals surface area (Å²) in [4.78, 5) is 12.9. The third-order valence-electron chi connectivity index (χ3n) is 3.25. The highest BCUT2D eigenvalue weighted by atomic mass is 16.5. The molecule has 1 N–H and O–H groups in total. The lowest BCUT2D eigenvalue weighted by Gasteiger charge is -2.41. The first-order valence-electron chi connectivity index (χ1n) is 5.29. The predicted octanol–water partition coefficient (Wildman–Crippen LogP) is 0.572. The number of piperidine rings is 1. The summed E-state index contributed by atoms with van der Waals surface area (Å²) >= 11 is 0. The van der Waals surface area contributed by atoms with Gasteiger partial charge in [0, 0.05) is 6.42 Å². The third kappa shape index (κ3) is 2.25. The largest absolute Gasteiger partial charge is 0.481 e. The van der Waals surface area contributed by atoms with Crippen LogP contribution in [0.4, 0.5) is 0 Å². The number of nitrogens with zero attached hydrogens (tertiary/aromatic N) is 1. The zero-order chi connectivity index (χ0) is 9.97. The second kappa shape index (κ2) is 4.28. The van der Waals surface area contributed by atoms with Crippen LogP contribution in [-0.4, -0.2) is 48.3 Å². The Morgan fingerprint density at radius 2 is 2.00 bits per heavy atom. The quantitative estimate of drug-likeness (QED) is 0.722. The van der Waals surface area contributed by atoms with Crippen molar-refractivity contribution in [3.05, 3.63) is 0 Å². The van der Waals surface area contributed by atoms with Crippen LogP contribution in [0.15, 0.2) is 0 Å². The number of rotatable bonds is 3. The topological polar surface area (TPSA) is 49.8 Å². The molecule has 0 amide bonds. The first-order valence-corrected chi connectivity index (χ1v) is 5.29. The van der Waals surface area contributed by atoms with Gasteiger partial charge in [0.2, 0.25) is 0 Å². The van der Waals surface area contributed by atoms with Crippen LogP contribution < -0.4 is 0 Å². The molecule has 0 aromatic carbocycles. The van der Waals surface area contributed by atoms with E-state index in [1.807, 2.05) is 0 Å². The smallest absolute Gasteiger partial charge is 0.303 e. The van der Waals surface area contributed by atoms with Gasteiger partial charge in [-0.15, -0.1) is 0 Å². The van der Waals surface area contributed by atoms with E-state index in [9.17, 15) is 4.79 Å². The van der Waals surface area contributed by atoms with E-state index in [2.05, 4.69) is 4.90 Å². The summed E-state index contributed by atoms with van der Waals surface area (Å²) in [5, 5.41) is 8.66. The van der Waals surface area contributed by atoms with Crippen molar-refractivity contribution in [3.63, 3.8) is 0 Å². The van der Waals surface area contributed by atoms with Gasteiger partial charge in [-0.3, -0.25) is 9.69 Å². The molecule has 2 heterocycles. The summed E-state index contributed by atoms with van der Waals surface area (Å²) in [7, 11) is 0. The highest BCUT2D eigenvalue weighted by Gasteiger charge is 2.29. The van der Waals surface area contributed by atoms with Crippen LogP contribution in [-0.2, 0) is 9.53 Å². The summed E-state index contributed by atoms with van der Waals surface area (Å²) in [5.74, 6) is -0.264. The minimum atomic E-state index is -0.657. The lowest BCUT2D eigenvalue weighted by atomic mass is 9.92. The van der Waals surface area contributed by atoms with E-state index >= 15 is 0 Å². The van der Waals surface area contributed by atoms with Crippen molar-refractivity contribution in [2.24, 2.45) is 5.92 Å². The van der Waals surface area contributed by atoms with Crippen molar-refractivity contribution in [1.82, 2.24) is 4.90 Å². The maximum Gasteiger partial charge on any atom is 0.303 e. The second-order valence-corrected chi connectivity index (χ2v) is 4.27. The zero-order valence-corrected chi connectivity index (χ0v) is 8.32. The molecule has 4 nitrogen and oxygen atoms in total. The van der Waals surface area contributed by atoms with Crippen molar-refractivity contribution in [2.45, 2.75) is 25.3 Å². The van der Waals surface area contributed by atoms with E-state index < -0.39 is 5.97 Å². The molecule has 0 saturated carbocycles. The van der Waals surface area contributed by atoms with Crippen molar-refractivity contribution >= 4 is 5.97 Å². The zero-order valence-electron chi connectivity index (χ0n) is 8.32. The lowest BCUT2D eigenvalue weighted by Crippen LogP contribution is -2.51. The molecule has 14 heavy (non-hydrogen) atoms. The Hall–Kier alpha value is -0.610. The van der Waals surface area contributed by atoms with Crippen molar-refractivity contribution in [2.75, 3.05) is 26.3 Å². The second-order valence-electron chi connectivity index (χ2n) is 4.27. The lowest BCUT2D eigenvalue weighted by molar-refractivity contribution is -0.138. The van der Waals surface area contributed by atoms with Crippen LogP contribution in [0.1, 0.15) is 19.3 Å². The maximum absolute atomic E-state index is 10.5. The highest BCUT2D eigenvalue weighted by Crippen LogP contribution is 2.23. The minimum Gasteiger partial charge on any atom is -0.481 e. The molecule has 2 aliphatic heterocycles. The van der Waals surface area contributed by atoms with Gasteiger partial charge < -0.3 is 9.84 Å². The van der Waals surface area contributed by atoms with Gasteiger partial charge in [-0.2, -0.15) is 0 Å². The van der Waals surface area contributed by atoms with Gasteiger partial charge in [-0.05, 0) is 31.8 Å². The Balaban J connectivity index is 1.71. The van der Waals surface area contributed by atoms with Gasteiger partial charge >= 0.3 is 5.97 Å². The number of carboxylic acids is 1. The molecule has 80 valence electrons. The van der Waals surface area contributed by atoms with Crippen molar-refractivity contribution in [1.29, 1.82) is 0 Å². The molecule has 0 aliphatic carbocycles. The Morgan fingerprint density at radius 1 is 1.36 bits per heavy atom. The van der Waals surface area contributed by atoms with Crippen molar-refractivity contribution < 1.29 is 14.6 Å². The molecule has 0 aromatic heterocycles. The highest BCUT2D eigenvalue weighted by molar-refractivity contribution is 5.67.